The van der Waals surface area contributed by atoms with E-state index in [0.29, 0.717) is 24.7 Å². The molecule has 2 aliphatic rings. The Labute approximate surface area is 132 Å². The number of aromatic nitrogens is 1. The van der Waals surface area contributed by atoms with E-state index in [-0.39, 0.29) is 24.2 Å². The van der Waals surface area contributed by atoms with Crippen LogP contribution in [0.2, 0.25) is 12.6 Å². The van der Waals surface area contributed by atoms with Gasteiger partial charge < -0.3 is 5.32 Å². The van der Waals surface area contributed by atoms with Crippen LogP contribution < -0.4 is 10.7 Å². The highest BCUT2D eigenvalue weighted by atomic mass is 32.2. The minimum absolute atomic E-state index is 0.0715. The van der Waals surface area contributed by atoms with Crippen molar-refractivity contribution in [2.75, 3.05) is 24.2 Å². The summed E-state index contributed by atoms with van der Waals surface area (Å²) in [4.78, 5) is 28.7. The zero-order chi connectivity index (χ0) is 15.5. The van der Waals surface area contributed by atoms with E-state index >= 15 is 0 Å². The Hall–Kier alpha value is -2.05. The zero-order valence-corrected chi connectivity index (χ0v) is 12.7. The number of carbonyl (C=O) groups excluding carboxylic acids is 2. The minimum Gasteiger partial charge on any atom is -0.309 e. The van der Waals surface area contributed by atoms with Gasteiger partial charge in [0.05, 0.1) is 10.6 Å². The van der Waals surface area contributed by atoms with Gasteiger partial charge >= 0.3 is 0 Å². The van der Waals surface area contributed by atoms with Crippen molar-refractivity contribution in [1.29, 1.82) is 5.26 Å². The van der Waals surface area contributed by atoms with Crippen molar-refractivity contribution >= 4 is 36.1 Å². The highest BCUT2D eigenvalue weighted by Crippen LogP contribution is 2.29. The normalized spacial score (nSPS) is 18.1. The number of hydrazine groups is 1. The van der Waals surface area contributed by atoms with E-state index < -0.39 is 0 Å². The van der Waals surface area contributed by atoms with Gasteiger partial charge in [-0.2, -0.15) is 0 Å². The molecule has 1 fully saturated rings. The molecule has 0 atom stereocenters. The summed E-state index contributed by atoms with van der Waals surface area (Å²) in [5.41, 5.74) is 3.07. The Balaban J connectivity index is 1.65. The van der Waals surface area contributed by atoms with Crippen LogP contribution in [0.25, 0.3) is 0 Å². The molecule has 2 aliphatic heterocycles. The van der Waals surface area contributed by atoms with Gasteiger partial charge in [-0.25, -0.2) is 15.3 Å². The first-order valence-corrected chi connectivity index (χ1v) is 8.03. The molecule has 0 aliphatic carbocycles. The summed E-state index contributed by atoms with van der Waals surface area (Å²) in [6, 6.07) is 3.45. The number of amides is 2. The molecule has 112 valence electrons. The Bertz CT molecular complexity index is 654. The van der Waals surface area contributed by atoms with Crippen LogP contribution in [-0.2, 0) is 4.79 Å². The second-order valence-corrected chi connectivity index (χ2v) is 6.23. The van der Waals surface area contributed by atoms with Gasteiger partial charge in [-0.15, -0.1) is 11.8 Å². The van der Waals surface area contributed by atoms with Gasteiger partial charge in [0.25, 0.3) is 12.6 Å². The van der Waals surface area contributed by atoms with Crippen molar-refractivity contribution in [3.63, 3.8) is 0 Å². The molecule has 3 rings (SSSR count). The molecule has 2 amide bonds. The van der Waals surface area contributed by atoms with E-state index in [4.69, 9.17) is 5.26 Å². The predicted molar refractivity (Wildman–Crippen MR) is 83.6 cm³/mol. The fraction of sp³-hybridized carbons (Fsp3) is 0.385. The van der Waals surface area contributed by atoms with Gasteiger partial charge in [-0.3, -0.25) is 15.0 Å². The quantitative estimate of drug-likeness (QED) is 0.777. The van der Waals surface area contributed by atoms with E-state index in [1.165, 1.54) is 11.8 Å². The van der Waals surface area contributed by atoms with Crippen LogP contribution in [0.4, 0.5) is 5.82 Å². The lowest BCUT2D eigenvalue weighted by Crippen LogP contribution is -2.48. The molecule has 0 aromatic carbocycles. The van der Waals surface area contributed by atoms with Crippen LogP contribution >= 0.6 is 11.8 Å². The van der Waals surface area contributed by atoms with Crippen molar-refractivity contribution in [2.45, 2.75) is 17.5 Å². The van der Waals surface area contributed by atoms with Crippen molar-refractivity contribution in [2.24, 2.45) is 0 Å². The maximum absolute atomic E-state index is 12.2. The van der Waals surface area contributed by atoms with E-state index in [1.807, 2.05) is 5.01 Å². The highest BCUT2D eigenvalue weighted by Gasteiger charge is 2.24. The summed E-state index contributed by atoms with van der Waals surface area (Å²) in [5.74, 6) is 2.65. The molecule has 7 nitrogen and oxygen atoms in total. The Morgan fingerprint density at radius 1 is 1.45 bits per heavy atom. The summed E-state index contributed by atoms with van der Waals surface area (Å²) in [7, 11) is 0. The zero-order valence-electron chi connectivity index (χ0n) is 11.8. The molecule has 3 heterocycles. The van der Waals surface area contributed by atoms with Crippen LogP contribution in [0.5, 0.6) is 0 Å². The molecule has 1 aromatic rings. The molecular formula is C13H14BN5O2S. The third kappa shape index (κ3) is 3.23. The molecule has 0 unspecified atom stereocenters. The molecule has 0 bridgehead atoms. The van der Waals surface area contributed by atoms with Crippen LogP contribution in [0.15, 0.2) is 17.0 Å². The number of nitrogens with zero attached hydrogens (tertiary/aromatic N) is 3. The van der Waals surface area contributed by atoms with Gasteiger partial charge in [0.2, 0.25) is 5.91 Å². The van der Waals surface area contributed by atoms with Crippen molar-refractivity contribution < 1.29 is 9.59 Å². The summed E-state index contributed by atoms with van der Waals surface area (Å²) in [6.07, 6.45) is 1.50. The van der Waals surface area contributed by atoms with Crippen molar-refractivity contribution in [3.8, 4) is 5.97 Å². The smallest absolute Gasteiger partial charge is 0.284 e. The number of pyridine rings is 1. The monoisotopic (exact) mass is 315 g/mol. The van der Waals surface area contributed by atoms with Crippen molar-refractivity contribution in [1.82, 2.24) is 15.4 Å². The lowest BCUT2D eigenvalue weighted by molar-refractivity contribution is -0.113. The number of nitriles is 1. The minimum atomic E-state index is -0.303. The summed E-state index contributed by atoms with van der Waals surface area (Å²) in [5, 5.41) is 13.4. The first-order valence-electron chi connectivity index (χ1n) is 7.05. The van der Waals surface area contributed by atoms with Gasteiger partial charge in [0.1, 0.15) is 11.5 Å². The maximum atomic E-state index is 12.2. The number of anilines is 1. The number of hydrogen-bond acceptors (Lipinski definition) is 6. The molecule has 0 spiro atoms. The number of fused-ring (bicyclic) bond motifs is 1. The molecule has 1 saturated heterocycles. The van der Waals surface area contributed by atoms with Gasteiger partial charge in [0.15, 0.2) is 0 Å². The fourth-order valence-electron chi connectivity index (χ4n) is 2.41. The summed E-state index contributed by atoms with van der Waals surface area (Å²) < 4.78 is 0. The van der Waals surface area contributed by atoms with Gasteiger partial charge in [-0.05, 0) is 24.8 Å². The van der Waals surface area contributed by atoms with Crippen LogP contribution in [0.3, 0.4) is 0 Å². The maximum Gasteiger partial charge on any atom is 0.284 e. The average Bonchev–Trinajstić information content (AvgIpc) is 2.54. The molecule has 1 aromatic heterocycles. The second kappa shape index (κ2) is 6.38. The third-order valence-corrected chi connectivity index (χ3v) is 4.69. The van der Waals surface area contributed by atoms with Crippen LogP contribution in [0.1, 0.15) is 10.5 Å². The first kappa shape index (κ1) is 14.9. The highest BCUT2D eigenvalue weighted by molar-refractivity contribution is 8.00. The summed E-state index contributed by atoms with van der Waals surface area (Å²) in [6.45, 7) is 1.38. The fourth-order valence-corrected chi connectivity index (χ4v) is 3.17. The Morgan fingerprint density at radius 2 is 2.23 bits per heavy atom. The second-order valence-electron chi connectivity index (χ2n) is 5.21. The standard InChI is InChI=1S/C13H14BN5O2S/c15-8-14-3-5-19(6-4-14)18-13(21)9-1-2-10-12(16-9)17-11(20)7-22-10/h1-2H,3-7H2,(H,18,21)(H,16,17,20). The summed E-state index contributed by atoms with van der Waals surface area (Å²) >= 11 is 1.41. The molecule has 0 saturated carbocycles. The SMILES string of the molecule is N#CB1CCN(NC(=O)c2ccc3c(n2)NC(=O)CS3)CC1. The third-order valence-electron chi connectivity index (χ3n) is 3.64. The first-order chi connectivity index (χ1) is 10.7. The van der Waals surface area contributed by atoms with Crippen molar-refractivity contribution in [3.05, 3.63) is 17.8 Å². The molecule has 0 radical (unpaired) electrons. The number of thioether (sulfide) groups is 1. The molecule has 2 N–H and O–H groups in total. The van der Waals surface area contributed by atoms with E-state index in [2.05, 4.69) is 21.7 Å². The number of nitrogens with one attached hydrogen (secondary N) is 2. The number of rotatable bonds is 2. The topological polar surface area (TPSA) is 98.1 Å². The number of hydrogen-bond donors (Lipinski definition) is 2. The molecule has 9 heteroatoms. The largest absolute Gasteiger partial charge is 0.309 e. The van der Waals surface area contributed by atoms with E-state index in [1.54, 1.807) is 12.1 Å². The molecule has 22 heavy (non-hydrogen) atoms. The Morgan fingerprint density at radius 3 is 2.95 bits per heavy atom. The van der Waals surface area contributed by atoms with Gasteiger partial charge in [-0.1, -0.05) is 0 Å². The van der Waals surface area contributed by atoms with E-state index in [9.17, 15) is 9.59 Å². The lowest BCUT2D eigenvalue weighted by atomic mass is 9.45. The predicted octanol–water partition coefficient (Wildman–Crippen LogP) is 0.644. The average molecular weight is 315 g/mol. The molecular weight excluding hydrogens is 301 g/mol. The lowest BCUT2D eigenvalue weighted by Gasteiger charge is -2.28. The Kier molecular flexibility index (Phi) is 4.31. The van der Waals surface area contributed by atoms with Crippen LogP contribution in [0, 0.1) is 11.2 Å². The van der Waals surface area contributed by atoms with E-state index in [0.717, 1.165) is 17.5 Å². The number of carbonyl (C=O) groups is 2. The van der Waals surface area contributed by atoms with Gasteiger partial charge in [0, 0.05) is 19.1 Å². The van der Waals surface area contributed by atoms with Crippen LogP contribution in [-0.4, -0.2) is 47.4 Å².